The number of aromatic hydroxyl groups is 1. The average molecular weight is 233 g/mol. The van der Waals surface area contributed by atoms with Crippen molar-refractivity contribution in [3.8, 4) is 5.75 Å². The maximum Gasteiger partial charge on any atom is 0.163 e. The highest BCUT2D eigenvalue weighted by molar-refractivity contribution is 5.97. The van der Waals surface area contributed by atoms with E-state index >= 15 is 0 Å². The number of rotatable bonds is 5. The summed E-state index contributed by atoms with van der Waals surface area (Å²) in [6.45, 7) is 5.56. The quantitative estimate of drug-likeness (QED) is 0.795. The predicted octanol–water partition coefficient (Wildman–Crippen LogP) is 2.83. The molecule has 0 unspecified atom stereocenters. The maximum absolute atomic E-state index is 11.2. The van der Waals surface area contributed by atoms with Crippen molar-refractivity contribution in [3.05, 3.63) is 23.8 Å². The van der Waals surface area contributed by atoms with Gasteiger partial charge in [-0.1, -0.05) is 0 Å². The smallest absolute Gasteiger partial charge is 0.163 e. The number of hydrogen-bond donors (Lipinski definition) is 1. The first-order valence-corrected chi connectivity index (χ1v) is 6.20. The summed E-state index contributed by atoms with van der Waals surface area (Å²) in [5.41, 5.74) is 1.40. The first kappa shape index (κ1) is 12.0. The highest BCUT2D eigenvalue weighted by Crippen LogP contribution is 2.32. The van der Waals surface area contributed by atoms with Gasteiger partial charge in [0, 0.05) is 24.8 Å². The molecule has 0 atom stereocenters. The second-order valence-corrected chi connectivity index (χ2v) is 4.74. The summed E-state index contributed by atoms with van der Waals surface area (Å²) in [4.78, 5) is 13.5. The van der Waals surface area contributed by atoms with Gasteiger partial charge in [0.05, 0.1) is 5.56 Å². The van der Waals surface area contributed by atoms with Gasteiger partial charge in [0.15, 0.2) is 5.78 Å². The lowest BCUT2D eigenvalue weighted by molar-refractivity contribution is 0.101. The zero-order valence-corrected chi connectivity index (χ0v) is 10.4. The van der Waals surface area contributed by atoms with Gasteiger partial charge in [-0.3, -0.25) is 4.79 Å². The normalized spacial score (nSPS) is 14.7. The molecule has 1 fully saturated rings. The SMILES string of the molecule is CCN(CC1CC1)c1ccc(C(C)=O)c(O)c1. The van der Waals surface area contributed by atoms with Crippen LogP contribution < -0.4 is 4.90 Å². The van der Waals surface area contributed by atoms with Gasteiger partial charge in [-0.25, -0.2) is 0 Å². The molecule has 1 saturated carbocycles. The molecule has 0 spiro atoms. The summed E-state index contributed by atoms with van der Waals surface area (Å²) in [6.07, 6.45) is 2.63. The fraction of sp³-hybridized carbons (Fsp3) is 0.500. The molecule has 17 heavy (non-hydrogen) atoms. The Morgan fingerprint density at radius 2 is 2.18 bits per heavy atom. The molecule has 0 amide bonds. The lowest BCUT2D eigenvalue weighted by atomic mass is 10.1. The highest BCUT2D eigenvalue weighted by Gasteiger charge is 2.24. The number of benzene rings is 1. The van der Waals surface area contributed by atoms with E-state index in [0.29, 0.717) is 5.56 Å². The van der Waals surface area contributed by atoms with Crippen LogP contribution in [-0.2, 0) is 0 Å². The first-order valence-electron chi connectivity index (χ1n) is 6.20. The molecule has 1 aromatic rings. The summed E-state index contributed by atoms with van der Waals surface area (Å²) in [7, 11) is 0. The summed E-state index contributed by atoms with van der Waals surface area (Å²) >= 11 is 0. The van der Waals surface area contributed by atoms with Crippen molar-refractivity contribution >= 4 is 11.5 Å². The maximum atomic E-state index is 11.2. The van der Waals surface area contributed by atoms with Crippen LogP contribution >= 0.6 is 0 Å². The van der Waals surface area contributed by atoms with E-state index < -0.39 is 0 Å². The monoisotopic (exact) mass is 233 g/mol. The van der Waals surface area contributed by atoms with E-state index in [1.807, 2.05) is 6.07 Å². The van der Waals surface area contributed by atoms with Crippen molar-refractivity contribution in [1.82, 2.24) is 0 Å². The second kappa shape index (κ2) is 4.78. The number of carbonyl (C=O) groups is 1. The summed E-state index contributed by atoms with van der Waals surface area (Å²) in [5, 5.41) is 9.81. The minimum absolute atomic E-state index is 0.0873. The molecule has 3 nitrogen and oxygen atoms in total. The number of carbonyl (C=O) groups excluding carboxylic acids is 1. The van der Waals surface area contributed by atoms with Gasteiger partial charge >= 0.3 is 0 Å². The van der Waals surface area contributed by atoms with Crippen molar-refractivity contribution in [2.24, 2.45) is 5.92 Å². The van der Waals surface area contributed by atoms with E-state index in [4.69, 9.17) is 0 Å². The van der Waals surface area contributed by atoms with Gasteiger partial charge in [-0.15, -0.1) is 0 Å². The number of phenols is 1. The Kier molecular flexibility index (Phi) is 3.36. The van der Waals surface area contributed by atoms with Crippen LogP contribution in [0.4, 0.5) is 5.69 Å². The number of Topliss-reactive ketones (excluding diaryl/α,β-unsaturated/α-hetero) is 1. The lowest BCUT2D eigenvalue weighted by Crippen LogP contribution is -2.25. The molecular weight excluding hydrogens is 214 g/mol. The van der Waals surface area contributed by atoms with Gasteiger partial charge < -0.3 is 10.0 Å². The molecule has 0 radical (unpaired) electrons. The molecule has 1 N–H and O–H groups in total. The Morgan fingerprint density at radius 1 is 1.47 bits per heavy atom. The molecule has 0 bridgehead atoms. The third kappa shape index (κ3) is 2.78. The molecule has 1 aliphatic rings. The Labute approximate surface area is 102 Å². The van der Waals surface area contributed by atoms with Gasteiger partial charge in [0.25, 0.3) is 0 Å². The number of hydrogen-bond acceptors (Lipinski definition) is 3. The summed E-state index contributed by atoms with van der Waals surface area (Å²) in [6, 6.07) is 5.33. The minimum Gasteiger partial charge on any atom is -0.507 e. The van der Waals surface area contributed by atoms with Crippen molar-refractivity contribution < 1.29 is 9.90 Å². The Bertz CT molecular complexity index is 424. The number of ketones is 1. The molecule has 0 aliphatic heterocycles. The van der Waals surface area contributed by atoms with Crippen LogP contribution in [0.1, 0.15) is 37.0 Å². The zero-order valence-electron chi connectivity index (χ0n) is 10.4. The first-order chi connectivity index (χ1) is 8.11. The van der Waals surface area contributed by atoms with Gasteiger partial charge in [-0.05, 0) is 44.7 Å². The third-order valence-electron chi connectivity index (χ3n) is 3.28. The molecule has 0 saturated heterocycles. The number of nitrogens with zero attached hydrogens (tertiary/aromatic N) is 1. The van der Waals surface area contributed by atoms with Crippen LogP contribution in [0.5, 0.6) is 5.75 Å². The molecule has 0 heterocycles. The number of anilines is 1. The van der Waals surface area contributed by atoms with Crippen molar-refractivity contribution in [3.63, 3.8) is 0 Å². The van der Waals surface area contributed by atoms with E-state index in [0.717, 1.165) is 24.7 Å². The standard InChI is InChI=1S/C14H19NO2/c1-3-15(9-11-4-5-11)12-6-7-13(10(2)16)14(17)8-12/h6-8,11,17H,3-5,9H2,1-2H3. The topological polar surface area (TPSA) is 40.5 Å². The molecule has 3 heteroatoms. The van der Waals surface area contributed by atoms with Crippen LogP contribution in [-0.4, -0.2) is 24.0 Å². The Morgan fingerprint density at radius 3 is 2.65 bits per heavy atom. The Balaban J connectivity index is 2.19. The molecule has 92 valence electrons. The zero-order chi connectivity index (χ0) is 12.4. The van der Waals surface area contributed by atoms with Crippen LogP contribution in [0.2, 0.25) is 0 Å². The van der Waals surface area contributed by atoms with Gasteiger partial charge in [-0.2, -0.15) is 0 Å². The largest absolute Gasteiger partial charge is 0.507 e. The number of phenolic OH excluding ortho intramolecular Hbond substituents is 1. The highest BCUT2D eigenvalue weighted by atomic mass is 16.3. The molecule has 1 aromatic carbocycles. The van der Waals surface area contributed by atoms with Crippen molar-refractivity contribution in [2.75, 3.05) is 18.0 Å². The summed E-state index contributed by atoms with van der Waals surface area (Å²) in [5.74, 6) is 0.799. The van der Waals surface area contributed by atoms with Gasteiger partial charge in [0.2, 0.25) is 0 Å². The van der Waals surface area contributed by atoms with Gasteiger partial charge in [0.1, 0.15) is 5.75 Å². The van der Waals surface area contributed by atoms with Crippen LogP contribution in [0.15, 0.2) is 18.2 Å². The van der Waals surface area contributed by atoms with E-state index in [9.17, 15) is 9.90 Å². The lowest BCUT2D eigenvalue weighted by Gasteiger charge is -2.23. The fourth-order valence-corrected chi connectivity index (χ4v) is 2.04. The minimum atomic E-state index is -0.0979. The molecule has 2 rings (SSSR count). The van der Waals surface area contributed by atoms with E-state index in [1.54, 1.807) is 12.1 Å². The van der Waals surface area contributed by atoms with Crippen LogP contribution in [0.3, 0.4) is 0 Å². The summed E-state index contributed by atoms with van der Waals surface area (Å²) < 4.78 is 0. The molecule has 0 aromatic heterocycles. The average Bonchev–Trinajstić information content (AvgIpc) is 3.09. The van der Waals surface area contributed by atoms with Crippen molar-refractivity contribution in [1.29, 1.82) is 0 Å². The second-order valence-electron chi connectivity index (χ2n) is 4.74. The molecule has 1 aliphatic carbocycles. The molecular formula is C14H19NO2. The third-order valence-corrected chi connectivity index (χ3v) is 3.28. The predicted molar refractivity (Wildman–Crippen MR) is 68.7 cm³/mol. The van der Waals surface area contributed by atoms with E-state index in [2.05, 4.69) is 11.8 Å². The van der Waals surface area contributed by atoms with E-state index in [1.165, 1.54) is 19.8 Å². The van der Waals surface area contributed by atoms with E-state index in [-0.39, 0.29) is 11.5 Å². The fourth-order valence-electron chi connectivity index (χ4n) is 2.04. The Hall–Kier alpha value is -1.51. The van der Waals surface area contributed by atoms with Crippen LogP contribution in [0.25, 0.3) is 0 Å². The van der Waals surface area contributed by atoms with Crippen LogP contribution in [0, 0.1) is 5.92 Å². The van der Waals surface area contributed by atoms with Crippen molar-refractivity contribution in [2.45, 2.75) is 26.7 Å².